The highest BCUT2D eigenvalue weighted by molar-refractivity contribution is 9.10. The molecular weight excluding hydrogens is 236 g/mol. The van der Waals surface area contributed by atoms with E-state index in [1.807, 2.05) is 0 Å². The largest absolute Gasteiger partial charge is 0.504 e. The molecule has 0 aliphatic heterocycles. The number of benzene rings is 1. The Bertz CT molecular complexity index is 310. The summed E-state index contributed by atoms with van der Waals surface area (Å²) in [7, 11) is 1.45. The molecule has 0 aliphatic rings. The fourth-order valence-corrected chi connectivity index (χ4v) is 1.81. The van der Waals surface area contributed by atoms with Crippen molar-refractivity contribution < 1.29 is 14.9 Å². The van der Waals surface area contributed by atoms with Crippen LogP contribution in [0, 0.1) is 0 Å². The normalized spacial score (nSPS) is 12.6. The monoisotopic (exact) mass is 246 g/mol. The van der Waals surface area contributed by atoms with Crippen molar-refractivity contribution in [2.75, 3.05) is 7.11 Å². The molecule has 4 heteroatoms. The topological polar surface area (TPSA) is 49.7 Å². The molecule has 1 aromatic carbocycles. The van der Waals surface area contributed by atoms with Crippen molar-refractivity contribution in [1.29, 1.82) is 0 Å². The number of aliphatic hydroxyl groups is 1. The Hall–Kier alpha value is -0.740. The second-order valence-corrected chi connectivity index (χ2v) is 3.54. The molecule has 1 unspecified atom stereocenters. The Morgan fingerprint density at radius 2 is 2.08 bits per heavy atom. The number of ether oxygens (including phenoxy) is 1. The number of rotatable bonds is 2. The summed E-state index contributed by atoms with van der Waals surface area (Å²) >= 11 is 3.27. The summed E-state index contributed by atoms with van der Waals surface area (Å²) in [4.78, 5) is 0. The standard InChI is InChI=1S/C9H11BrO3/c1-5(11)8-6(10)3-4-7(12)9(8)13-2/h3-5,11-12H,1-2H3. The van der Waals surface area contributed by atoms with Crippen LogP contribution < -0.4 is 4.74 Å². The van der Waals surface area contributed by atoms with Gasteiger partial charge in [0, 0.05) is 10.0 Å². The van der Waals surface area contributed by atoms with Gasteiger partial charge in [0.2, 0.25) is 0 Å². The number of phenolic OH excluding ortho intramolecular Hbond substituents is 1. The SMILES string of the molecule is COc1c(O)ccc(Br)c1C(C)O. The second-order valence-electron chi connectivity index (χ2n) is 2.69. The van der Waals surface area contributed by atoms with Crippen LogP contribution in [0.15, 0.2) is 16.6 Å². The smallest absolute Gasteiger partial charge is 0.167 e. The van der Waals surface area contributed by atoms with Crippen LogP contribution in [0.1, 0.15) is 18.6 Å². The number of halogens is 1. The maximum atomic E-state index is 9.42. The summed E-state index contributed by atoms with van der Waals surface area (Å²) < 4.78 is 5.70. The summed E-state index contributed by atoms with van der Waals surface area (Å²) in [5.74, 6) is 0.339. The maximum absolute atomic E-state index is 9.42. The number of methoxy groups -OCH3 is 1. The molecule has 0 amide bonds. The Morgan fingerprint density at radius 3 is 2.46 bits per heavy atom. The molecule has 1 aromatic rings. The molecule has 0 radical (unpaired) electrons. The van der Waals surface area contributed by atoms with E-state index in [2.05, 4.69) is 15.9 Å². The van der Waals surface area contributed by atoms with Crippen molar-refractivity contribution in [2.24, 2.45) is 0 Å². The van der Waals surface area contributed by atoms with E-state index in [1.165, 1.54) is 13.2 Å². The van der Waals surface area contributed by atoms with Gasteiger partial charge in [0.05, 0.1) is 13.2 Å². The van der Waals surface area contributed by atoms with Crippen molar-refractivity contribution in [3.63, 3.8) is 0 Å². The van der Waals surface area contributed by atoms with Gasteiger partial charge < -0.3 is 14.9 Å². The van der Waals surface area contributed by atoms with Gasteiger partial charge in [-0.3, -0.25) is 0 Å². The second kappa shape index (κ2) is 3.98. The van der Waals surface area contributed by atoms with Crippen LogP contribution in [0.4, 0.5) is 0 Å². The third kappa shape index (κ3) is 1.95. The van der Waals surface area contributed by atoms with Gasteiger partial charge in [0.25, 0.3) is 0 Å². The molecule has 0 aliphatic carbocycles. The van der Waals surface area contributed by atoms with Crippen LogP contribution in [0.3, 0.4) is 0 Å². The lowest BCUT2D eigenvalue weighted by Crippen LogP contribution is -1.98. The van der Waals surface area contributed by atoms with Crippen LogP contribution in [-0.2, 0) is 0 Å². The van der Waals surface area contributed by atoms with Crippen LogP contribution in [-0.4, -0.2) is 17.3 Å². The van der Waals surface area contributed by atoms with E-state index >= 15 is 0 Å². The molecule has 0 aromatic heterocycles. The van der Waals surface area contributed by atoms with Crippen LogP contribution in [0.25, 0.3) is 0 Å². The summed E-state index contributed by atoms with van der Waals surface area (Å²) in [6, 6.07) is 3.18. The quantitative estimate of drug-likeness (QED) is 0.842. The predicted molar refractivity (Wildman–Crippen MR) is 53.0 cm³/mol. The highest BCUT2D eigenvalue weighted by Gasteiger charge is 2.16. The van der Waals surface area contributed by atoms with Crippen LogP contribution >= 0.6 is 15.9 Å². The lowest BCUT2D eigenvalue weighted by Gasteiger charge is -2.13. The molecule has 0 saturated carbocycles. The fraction of sp³-hybridized carbons (Fsp3) is 0.333. The zero-order valence-corrected chi connectivity index (χ0v) is 9.00. The number of hydrogen-bond donors (Lipinski definition) is 2. The van der Waals surface area contributed by atoms with E-state index in [4.69, 9.17) is 4.74 Å². The van der Waals surface area contributed by atoms with Crippen molar-refractivity contribution in [3.8, 4) is 11.5 Å². The van der Waals surface area contributed by atoms with E-state index in [-0.39, 0.29) is 5.75 Å². The Morgan fingerprint density at radius 1 is 1.46 bits per heavy atom. The molecule has 1 atom stereocenters. The summed E-state index contributed by atoms with van der Waals surface area (Å²) in [6.45, 7) is 1.61. The summed E-state index contributed by atoms with van der Waals surface area (Å²) in [5.41, 5.74) is 0.558. The third-order valence-electron chi connectivity index (χ3n) is 1.74. The lowest BCUT2D eigenvalue weighted by atomic mass is 10.1. The average molecular weight is 247 g/mol. The van der Waals surface area contributed by atoms with Gasteiger partial charge in [-0.1, -0.05) is 15.9 Å². The Labute approximate surface area is 85.1 Å². The molecule has 13 heavy (non-hydrogen) atoms. The molecule has 0 spiro atoms. The molecule has 1 rings (SSSR count). The first-order valence-corrected chi connectivity index (χ1v) is 4.60. The van der Waals surface area contributed by atoms with Gasteiger partial charge in [0.1, 0.15) is 0 Å². The van der Waals surface area contributed by atoms with Crippen molar-refractivity contribution in [2.45, 2.75) is 13.0 Å². The summed E-state index contributed by atoms with van der Waals surface area (Å²) in [6.07, 6.45) is -0.684. The lowest BCUT2D eigenvalue weighted by molar-refractivity contribution is 0.192. The third-order valence-corrected chi connectivity index (χ3v) is 2.44. The highest BCUT2D eigenvalue weighted by atomic mass is 79.9. The fourth-order valence-electron chi connectivity index (χ4n) is 1.17. The van der Waals surface area contributed by atoms with E-state index in [1.54, 1.807) is 13.0 Å². The Kier molecular flexibility index (Phi) is 3.17. The first kappa shape index (κ1) is 10.3. The van der Waals surface area contributed by atoms with Gasteiger partial charge in [-0.2, -0.15) is 0 Å². The van der Waals surface area contributed by atoms with Crippen molar-refractivity contribution in [1.82, 2.24) is 0 Å². The van der Waals surface area contributed by atoms with Gasteiger partial charge in [0.15, 0.2) is 11.5 Å². The molecule has 0 bridgehead atoms. The van der Waals surface area contributed by atoms with E-state index < -0.39 is 6.10 Å². The van der Waals surface area contributed by atoms with E-state index in [0.29, 0.717) is 11.3 Å². The minimum absolute atomic E-state index is 0.0293. The zero-order chi connectivity index (χ0) is 10.0. The molecule has 3 nitrogen and oxygen atoms in total. The molecule has 0 fully saturated rings. The van der Waals surface area contributed by atoms with E-state index in [9.17, 15) is 10.2 Å². The minimum Gasteiger partial charge on any atom is -0.504 e. The first-order chi connectivity index (χ1) is 6.07. The first-order valence-electron chi connectivity index (χ1n) is 3.81. The zero-order valence-electron chi connectivity index (χ0n) is 7.41. The minimum atomic E-state index is -0.684. The molecular formula is C9H11BrO3. The number of phenols is 1. The maximum Gasteiger partial charge on any atom is 0.167 e. The van der Waals surface area contributed by atoms with Gasteiger partial charge >= 0.3 is 0 Å². The summed E-state index contributed by atoms with van der Waals surface area (Å²) in [5, 5.41) is 18.8. The molecule has 2 N–H and O–H groups in total. The molecule has 0 heterocycles. The Balaban J connectivity index is 3.35. The van der Waals surface area contributed by atoms with Crippen LogP contribution in [0.2, 0.25) is 0 Å². The highest BCUT2D eigenvalue weighted by Crippen LogP contribution is 2.38. The number of aliphatic hydroxyl groups excluding tert-OH is 1. The van der Waals surface area contributed by atoms with Crippen LogP contribution in [0.5, 0.6) is 11.5 Å². The predicted octanol–water partition coefficient (Wildman–Crippen LogP) is 2.22. The van der Waals surface area contributed by atoms with E-state index in [0.717, 1.165) is 4.47 Å². The van der Waals surface area contributed by atoms with Gasteiger partial charge in [-0.15, -0.1) is 0 Å². The number of aromatic hydroxyl groups is 1. The average Bonchev–Trinajstić information content (AvgIpc) is 2.07. The van der Waals surface area contributed by atoms with Crippen molar-refractivity contribution in [3.05, 3.63) is 22.2 Å². The molecule has 0 saturated heterocycles. The van der Waals surface area contributed by atoms with Crippen molar-refractivity contribution >= 4 is 15.9 Å². The number of hydrogen-bond acceptors (Lipinski definition) is 3. The van der Waals surface area contributed by atoms with Gasteiger partial charge in [-0.05, 0) is 19.1 Å². The van der Waals surface area contributed by atoms with Gasteiger partial charge in [-0.25, -0.2) is 0 Å². The molecule has 72 valence electrons.